The van der Waals surface area contributed by atoms with Gasteiger partial charge in [0.25, 0.3) is 0 Å². The van der Waals surface area contributed by atoms with Crippen molar-refractivity contribution in [3.05, 3.63) is 53.0 Å². The van der Waals surface area contributed by atoms with Crippen LogP contribution in [0.15, 0.2) is 28.8 Å². The van der Waals surface area contributed by atoms with E-state index in [9.17, 15) is 13.6 Å². The lowest BCUT2D eigenvalue weighted by Gasteiger charge is -2.18. The maximum Gasteiger partial charge on any atom is 0.319 e. The first-order valence-electron chi connectivity index (χ1n) is 10.5. The summed E-state index contributed by atoms with van der Waals surface area (Å²) in [6.45, 7) is 5.45. The molecule has 1 fully saturated rings. The monoisotopic (exact) mass is 427 g/mol. The zero-order valence-corrected chi connectivity index (χ0v) is 17.6. The van der Waals surface area contributed by atoms with Crippen molar-refractivity contribution < 1.29 is 22.7 Å². The molecule has 0 N–H and O–H groups in total. The Morgan fingerprint density at radius 3 is 2.81 bits per heavy atom. The third-order valence-corrected chi connectivity index (χ3v) is 6.43. The van der Waals surface area contributed by atoms with Gasteiger partial charge >= 0.3 is 5.97 Å². The summed E-state index contributed by atoms with van der Waals surface area (Å²) in [7, 11) is 0. The van der Waals surface area contributed by atoms with Crippen molar-refractivity contribution >= 4 is 5.97 Å². The van der Waals surface area contributed by atoms with Crippen LogP contribution in [0.25, 0.3) is 17.3 Å². The smallest absolute Gasteiger partial charge is 0.319 e. The van der Waals surface area contributed by atoms with Gasteiger partial charge in [-0.2, -0.15) is 5.10 Å². The zero-order valence-electron chi connectivity index (χ0n) is 17.6. The van der Waals surface area contributed by atoms with E-state index in [2.05, 4.69) is 10.1 Å². The fraction of sp³-hybridized carbons (Fsp3) is 0.435. The molecule has 2 aliphatic rings. The minimum atomic E-state index is -1.00. The Morgan fingerprint density at radius 1 is 1.29 bits per heavy atom. The van der Waals surface area contributed by atoms with E-state index in [1.54, 1.807) is 25.5 Å². The number of nitrogens with zero attached hydrogens (tertiary/aromatic N) is 3. The van der Waals surface area contributed by atoms with Gasteiger partial charge in [0.2, 0.25) is 5.89 Å². The van der Waals surface area contributed by atoms with Crippen LogP contribution < -0.4 is 0 Å². The molecule has 162 valence electrons. The molecule has 2 atom stereocenters. The van der Waals surface area contributed by atoms with Crippen molar-refractivity contribution in [1.82, 2.24) is 14.8 Å². The quantitative estimate of drug-likeness (QED) is 0.535. The van der Waals surface area contributed by atoms with Crippen LogP contribution in [0.5, 0.6) is 0 Å². The maximum atomic E-state index is 14.6. The Bertz CT molecular complexity index is 1180. The fourth-order valence-electron chi connectivity index (χ4n) is 4.81. The highest BCUT2D eigenvalue weighted by atomic mass is 19.1. The zero-order chi connectivity index (χ0) is 21.9. The van der Waals surface area contributed by atoms with Gasteiger partial charge < -0.3 is 9.15 Å². The number of benzene rings is 1. The number of hydrogen-bond donors (Lipinski definition) is 0. The molecule has 6 nitrogen and oxygen atoms in total. The molecule has 2 bridgehead atoms. The van der Waals surface area contributed by atoms with Crippen LogP contribution >= 0.6 is 0 Å². The molecule has 31 heavy (non-hydrogen) atoms. The van der Waals surface area contributed by atoms with Crippen LogP contribution in [-0.2, 0) is 14.9 Å². The third kappa shape index (κ3) is 2.99. The van der Waals surface area contributed by atoms with Gasteiger partial charge in [0.05, 0.1) is 18.5 Å². The number of aromatic nitrogens is 3. The number of halogens is 2. The van der Waals surface area contributed by atoms with Gasteiger partial charge in [0, 0.05) is 17.5 Å². The molecule has 0 unspecified atom stereocenters. The number of carbonyl (C=O) groups is 1. The maximum absolute atomic E-state index is 14.6. The minimum Gasteiger partial charge on any atom is -0.465 e. The highest BCUT2D eigenvalue weighted by Crippen LogP contribution is 2.56. The largest absolute Gasteiger partial charge is 0.465 e. The van der Waals surface area contributed by atoms with Gasteiger partial charge in [-0.25, -0.2) is 18.4 Å². The highest BCUT2D eigenvalue weighted by molar-refractivity contribution is 5.81. The summed E-state index contributed by atoms with van der Waals surface area (Å²) in [5.41, 5.74) is 1.71. The van der Waals surface area contributed by atoms with Crippen LogP contribution in [-0.4, -0.2) is 27.3 Å². The van der Waals surface area contributed by atoms with Crippen molar-refractivity contribution in [2.45, 2.75) is 57.3 Å². The number of esters is 1. The summed E-state index contributed by atoms with van der Waals surface area (Å²) in [5, 5.41) is 4.66. The molecule has 0 amide bonds. The van der Waals surface area contributed by atoms with Crippen LogP contribution in [0.3, 0.4) is 0 Å². The van der Waals surface area contributed by atoms with Gasteiger partial charge in [-0.3, -0.25) is 4.79 Å². The predicted molar refractivity (Wildman–Crippen MR) is 108 cm³/mol. The van der Waals surface area contributed by atoms with Crippen molar-refractivity contribution in [2.24, 2.45) is 0 Å². The number of ether oxygens (including phenoxy) is 1. The SMILES string of the molecule is CCOC(=O)C(C)(C)c1cnc(-c2nn(-c3ccc(F)cc3F)c3c2[C@H]2CC[C@H]3C2)o1. The molecule has 3 aromatic rings. The van der Waals surface area contributed by atoms with E-state index in [4.69, 9.17) is 9.15 Å². The first-order chi connectivity index (χ1) is 14.8. The van der Waals surface area contributed by atoms with E-state index in [-0.39, 0.29) is 24.1 Å². The van der Waals surface area contributed by atoms with Crippen molar-refractivity contribution in [1.29, 1.82) is 0 Å². The second kappa shape index (κ2) is 7.00. The van der Waals surface area contributed by atoms with E-state index in [0.29, 0.717) is 17.4 Å². The van der Waals surface area contributed by atoms with Crippen LogP contribution in [0.4, 0.5) is 8.78 Å². The van der Waals surface area contributed by atoms with Gasteiger partial charge in [-0.05, 0) is 58.1 Å². The topological polar surface area (TPSA) is 70.2 Å². The summed E-state index contributed by atoms with van der Waals surface area (Å²) in [6.07, 6.45) is 4.54. The first kappa shape index (κ1) is 19.9. The van der Waals surface area contributed by atoms with Crippen LogP contribution in [0.2, 0.25) is 0 Å². The lowest BCUT2D eigenvalue weighted by atomic mass is 9.91. The van der Waals surface area contributed by atoms with Gasteiger partial charge in [0.15, 0.2) is 11.5 Å². The first-order valence-corrected chi connectivity index (χ1v) is 10.5. The molecule has 0 spiro atoms. The third-order valence-electron chi connectivity index (χ3n) is 6.43. The van der Waals surface area contributed by atoms with Crippen LogP contribution in [0.1, 0.15) is 68.9 Å². The average Bonchev–Trinajstić information content (AvgIpc) is 3.49. The molecule has 5 rings (SSSR count). The summed E-state index contributed by atoms with van der Waals surface area (Å²) in [6, 6.07) is 3.49. The Morgan fingerprint density at radius 2 is 2.06 bits per heavy atom. The highest BCUT2D eigenvalue weighted by Gasteiger charge is 2.44. The van der Waals surface area contributed by atoms with E-state index in [0.717, 1.165) is 36.6 Å². The lowest BCUT2D eigenvalue weighted by molar-refractivity contribution is -0.149. The molecule has 1 saturated carbocycles. The van der Waals surface area contributed by atoms with E-state index < -0.39 is 23.0 Å². The molecule has 0 aliphatic heterocycles. The Balaban J connectivity index is 1.62. The standard InChI is InChI=1S/C23H23F2N3O3/c1-4-30-22(29)23(2,3)17-11-26-21(31-17)19-18-12-5-6-13(9-12)20(18)28(27-19)16-8-7-14(24)10-15(16)25/h7-8,10-13H,4-6,9H2,1-3H3/t12-,13-/m0/s1. The molecule has 0 saturated heterocycles. The summed E-state index contributed by atoms with van der Waals surface area (Å²) in [4.78, 5) is 16.8. The Labute approximate surface area is 178 Å². The average molecular weight is 427 g/mol. The van der Waals surface area contributed by atoms with Crippen molar-refractivity contribution in [3.63, 3.8) is 0 Å². The minimum absolute atomic E-state index is 0.204. The summed E-state index contributed by atoms with van der Waals surface area (Å²) in [5.74, 6) is -0.461. The summed E-state index contributed by atoms with van der Waals surface area (Å²) < 4.78 is 40.8. The number of oxazole rings is 1. The molecule has 2 heterocycles. The number of fused-ring (bicyclic) bond motifs is 5. The number of rotatable bonds is 5. The van der Waals surface area contributed by atoms with E-state index >= 15 is 0 Å². The fourth-order valence-corrected chi connectivity index (χ4v) is 4.81. The van der Waals surface area contributed by atoms with Crippen LogP contribution in [0, 0.1) is 11.6 Å². The Hall–Kier alpha value is -3.03. The normalized spacial score (nSPS) is 19.6. The molecule has 0 radical (unpaired) electrons. The predicted octanol–water partition coefficient (Wildman–Crippen LogP) is 5.01. The van der Waals surface area contributed by atoms with Crippen molar-refractivity contribution in [2.75, 3.05) is 6.61 Å². The van der Waals surface area contributed by atoms with Gasteiger partial charge in [-0.1, -0.05) is 0 Å². The van der Waals surface area contributed by atoms with E-state index in [1.807, 2.05) is 0 Å². The molecule has 1 aromatic carbocycles. The molecule has 8 heteroatoms. The lowest BCUT2D eigenvalue weighted by Crippen LogP contribution is -2.30. The van der Waals surface area contributed by atoms with Crippen molar-refractivity contribution in [3.8, 4) is 17.3 Å². The number of carbonyl (C=O) groups excluding carboxylic acids is 1. The molecular weight excluding hydrogens is 404 g/mol. The van der Waals surface area contributed by atoms with Gasteiger partial charge in [0.1, 0.15) is 22.7 Å². The van der Waals surface area contributed by atoms with Gasteiger partial charge in [-0.15, -0.1) is 0 Å². The number of hydrogen-bond acceptors (Lipinski definition) is 5. The Kier molecular flexibility index (Phi) is 4.50. The summed E-state index contributed by atoms with van der Waals surface area (Å²) >= 11 is 0. The second-order valence-electron chi connectivity index (χ2n) is 8.74. The molecular formula is C23H23F2N3O3. The second-order valence-corrected chi connectivity index (χ2v) is 8.74. The van der Waals surface area contributed by atoms with E-state index in [1.165, 1.54) is 18.3 Å². The molecule has 2 aromatic heterocycles. The molecule has 2 aliphatic carbocycles.